The highest BCUT2D eigenvalue weighted by Gasteiger charge is 2.18. The Morgan fingerprint density at radius 3 is 1.87 bits per heavy atom. The van der Waals surface area contributed by atoms with E-state index < -0.39 is 12.9 Å². The van der Waals surface area contributed by atoms with E-state index in [1.807, 2.05) is 6.92 Å². The molecule has 23 heavy (non-hydrogen) atoms. The van der Waals surface area contributed by atoms with Gasteiger partial charge in [-0.2, -0.15) is 0 Å². The number of hydrogen-bond donors (Lipinski definition) is 2. The molecule has 4 heteroatoms. The monoisotopic (exact) mass is 324 g/mol. The van der Waals surface area contributed by atoms with E-state index in [2.05, 4.69) is 40.9 Å². The second kappa shape index (κ2) is 10.8. The Bertz CT molecular complexity index is 416. The van der Waals surface area contributed by atoms with Crippen LogP contribution in [0.25, 0.3) is 0 Å². The molecule has 0 heterocycles. The molecule has 0 saturated carbocycles. The molecule has 0 spiro atoms. The van der Waals surface area contributed by atoms with Gasteiger partial charge in [-0.1, -0.05) is 60.6 Å². The van der Waals surface area contributed by atoms with Crippen LogP contribution in [0, 0.1) is 23.7 Å². The fraction of sp³-hybridized carbons (Fsp3) is 0.684. The van der Waals surface area contributed by atoms with Crippen molar-refractivity contribution in [2.45, 2.75) is 60.3 Å². The third-order valence-corrected chi connectivity index (χ3v) is 4.79. The summed E-state index contributed by atoms with van der Waals surface area (Å²) in [6.07, 6.45) is 5.80. The second-order valence-corrected chi connectivity index (χ2v) is 7.37. The van der Waals surface area contributed by atoms with Gasteiger partial charge in [0.05, 0.1) is 0 Å². The lowest BCUT2D eigenvalue weighted by Gasteiger charge is -2.22. The van der Waals surface area contributed by atoms with Gasteiger partial charge in [-0.05, 0) is 48.2 Å². The first-order chi connectivity index (χ1) is 10.6. The average Bonchev–Trinajstić information content (AvgIpc) is 2.48. The fourth-order valence-corrected chi connectivity index (χ4v) is 2.38. The van der Waals surface area contributed by atoms with E-state index in [1.54, 1.807) is 0 Å². The molecule has 0 bridgehead atoms. The van der Waals surface area contributed by atoms with Crippen molar-refractivity contribution in [2.75, 3.05) is 0 Å². The standard InChI is InChI=1S/C19H34BFO2/c1-13(2)8-9-14(3)15(4)10-11-16(5)17(6)12-19(21)18(7)20(22)23/h12-16,22-23H,6-11H2,1-5H3/b19-12+. The van der Waals surface area contributed by atoms with Gasteiger partial charge >= 0.3 is 7.12 Å². The maximum absolute atomic E-state index is 13.7. The van der Waals surface area contributed by atoms with E-state index in [-0.39, 0.29) is 11.4 Å². The van der Waals surface area contributed by atoms with Crippen molar-refractivity contribution in [3.05, 3.63) is 36.1 Å². The lowest BCUT2D eigenvalue weighted by Crippen LogP contribution is -2.15. The summed E-state index contributed by atoms with van der Waals surface area (Å²) in [5, 5.41) is 17.8. The number of rotatable bonds is 11. The van der Waals surface area contributed by atoms with E-state index in [1.165, 1.54) is 18.9 Å². The van der Waals surface area contributed by atoms with Crippen LogP contribution in [0.5, 0.6) is 0 Å². The summed E-state index contributed by atoms with van der Waals surface area (Å²) in [4.78, 5) is 0. The number of allylic oxidation sites excluding steroid dienone is 4. The Labute approximate surface area is 142 Å². The maximum atomic E-state index is 13.7. The van der Waals surface area contributed by atoms with E-state index in [0.717, 1.165) is 18.8 Å². The summed E-state index contributed by atoms with van der Waals surface area (Å²) in [5.41, 5.74) is 0.334. The van der Waals surface area contributed by atoms with E-state index in [4.69, 9.17) is 10.0 Å². The van der Waals surface area contributed by atoms with Crippen molar-refractivity contribution >= 4 is 7.12 Å². The van der Waals surface area contributed by atoms with Crippen LogP contribution >= 0.6 is 0 Å². The minimum absolute atomic E-state index is 0.157. The van der Waals surface area contributed by atoms with Gasteiger partial charge in [0.25, 0.3) is 0 Å². The average molecular weight is 324 g/mol. The highest BCUT2D eigenvalue weighted by atomic mass is 19.1. The summed E-state index contributed by atoms with van der Waals surface area (Å²) >= 11 is 0. The molecule has 0 fully saturated rings. The van der Waals surface area contributed by atoms with Gasteiger partial charge < -0.3 is 10.0 Å². The Hall–Kier alpha value is -0.865. The molecule has 0 aromatic rings. The van der Waals surface area contributed by atoms with Gasteiger partial charge in [0.15, 0.2) is 0 Å². The highest BCUT2D eigenvalue weighted by molar-refractivity contribution is 6.51. The molecule has 2 nitrogen and oxygen atoms in total. The summed E-state index contributed by atoms with van der Waals surface area (Å²) in [6, 6.07) is 0. The molecule has 0 aromatic carbocycles. The van der Waals surface area contributed by atoms with Crippen LogP contribution in [0.2, 0.25) is 0 Å². The highest BCUT2D eigenvalue weighted by Crippen LogP contribution is 2.27. The molecule has 0 aliphatic heterocycles. The van der Waals surface area contributed by atoms with Crippen molar-refractivity contribution < 1.29 is 14.4 Å². The van der Waals surface area contributed by atoms with Crippen molar-refractivity contribution in [3.63, 3.8) is 0 Å². The molecular formula is C19H34BFO2. The van der Waals surface area contributed by atoms with E-state index in [9.17, 15) is 4.39 Å². The Morgan fingerprint density at radius 2 is 1.43 bits per heavy atom. The normalized spacial score (nSPS) is 16.1. The Kier molecular flexibility index (Phi) is 10.4. The van der Waals surface area contributed by atoms with Crippen LogP contribution in [0.3, 0.4) is 0 Å². The minimum Gasteiger partial charge on any atom is -0.423 e. The maximum Gasteiger partial charge on any atom is 0.490 e. The van der Waals surface area contributed by atoms with Crippen molar-refractivity contribution in [1.82, 2.24) is 0 Å². The second-order valence-electron chi connectivity index (χ2n) is 7.37. The van der Waals surface area contributed by atoms with Crippen molar-refractivity contribution in [1.29, 1.82) is 0 Å². The van der Waals surface area contributed by atoms with Crippen LogP contribution < -0.4 is 0 Å². The molecule has 0 rings (SSSR count). The van der Waals surface area contributed by atoms with Crippen LogP contribution in [-0.4, -0.2) is 17.2 Å². The van der Waals surface area contributed by atoms with Crippen LogP contribution in [0.4, 0.5) is 4.39 Å². The SMILES string of the molecule is C=C(B(O)O)/C(F)=C\C(=C)C(C)CCC(C)C(C)CCC(C)C. The van der Waals surface area contributed by atoms with Crippen molar-refractivity contribution in [3.8, 4) is 0 Å². The zero-order chi connectivity index (χ0) is 18.2. The first-order valence-corrected chi connectivity index (χ1v) is 8.67. The summed E-state index contributed by atoms with van der Waals surface area (Å²) < 4.78 is 13.7. The van der Waals surface area contributed by atoms with Crippen molar-refractivity contribution in [2.24, 2.45) is 23.7 Å². The largest absolute Gasteiger partial charge is 0.490 e. The van der Waals surface area contributed by atoms with Gasteiger partial charge in [0.1, 0.15) is 5.83 Å². The molecule has 2 N–H and O–H groups in total. The topological polar surface area (TPSA) is 40.5 Å². The molecule has 0 aliphatic carbocycles. The quantitative estimate of drug-likeness (QED) is 0.410. The van der Waals surface area contributed by atoms with Crippen LogP contribution in [-0.2, 0) is 0 Å². The molecule has 0 radical (unpaired) electrons. The molecule has 3 atom stereocenters. The van der Waals surface area contributed by atoms with Gasteiger partial charge in [0, 0.05) is 5.47 Å². The third-order valence-electron chi connectivity index (χ3n) is 4.79. The lowest BCUT2D eigenvalue weighted by atomic mass is 9.79. The third kappa shape index (κ3) is 9.12. The van der Waals surface area contributed by atoms with Gasteiger partial charge in [-0.15, -0.1) is 0 Å². The first kappa shape index (κ1) is 22.1. The zero-order valence-electron chi connectivity index (χ0n) is 15.5. The van der Waals surface area contributed by atoms with Crippen LogP contribution in [0.15, 0.2) is 36.1 Å². The molecule has 132 valence electrons. The lowest BCUT2D eigenvalue weighted by molar-refractivity contribution is 0.306. The first-order valence-electron chi connectivity index (χ1n) is 8.67. The summed E-state index contributed by atoms with van der Waals surface area (Å²) in [7, 11) is -1.86. The smallest absolute Gasteiger partial charge is 0.423 e. The molecule has 0 saturated heterocycles. The Balaban J connectivity index is 4.37. The van der Waals surface area contributed by atoms with Crippen LogP contribution in [0.1, 0.15) is 60.3 Å². The van der Waals surface area contributed by atoms with Gasteiger partial charge in [0.2, 0.25) is 0 Å². The number of halogens is 1. The predicted molar refractivity (Wildman–Crippen MR) is 98.5 cm³/mol. The summed E-state index contributed by atoms with van der Waals surface area (Å²) in [6.45, 7) is 18.3. The molecule has 0 aliphatic rings. The molecule has 3 unspecified atom stereocenters. The molecular weight excluding hydrogens is 290 g/mol. The Morgan fingerprint density at radius 1 is 0.957 bits per heavy atom. The zero-order valence-corrected chi connectivity index (χ0v) is 15.5. The van der Waals surface area contributed by atoms with E-state index >= 15 is 0 Å². The van der Waals surface area contributed by atoms with Gasteiger partial charge in [-0.25, -0.2) is 4.39 Å². The summed E-state index contributed by atoms with van der Waals surface area (Å²) in [5.74, 6) is 1.51. The number of hydrogen-bond acceptors (Lipinski definition) is 2. The predicted octanol–water partition coefficient (Wildman–Crippen LogP) is 5.09. The minimum atomic E-state index is -1.86. The van der Waals surface area contributed by atoms with Gasteiger partial charge in [-0.3, -0.25) is 0 Å². The fourth-order valence-electron chi connectivity index (χ4n) is 2.38. The molecule has 0 aromatic heterocycles. The van der Waals surface area contributed by atoms with E-state index in [0.29, 0.717) is 17.4 Å². The molecule has 0 amide bonds.